The topological polar surface area (TPSA) is 29.3 Å². The third kappa shape index (κ3) is 4.07. The molecule has 1 atom stereocenters. The third-order valence-electron chi connectivity index (χ3n) is 3.52. The van der Waals surface area contributed by atoms with Gasteiger partial charge in [0, 0.05) is 6.54 Å². The molecule has 0 aromatic carbocycles. The van der Waals surface area contributed by atoms with Crippen LogP contribution in [0.2, 0.25) is 0 Å². The number of hydrogen-bond donors (Lipinski definition) is 1. The van der Waals surface area contributed by atoms with Gasteiger partial charge in [0.05, 0.1) is 11.0 Å². The zero-order chi connectivity index (χ0) is 11.3. The minimum atomic E-state index is 0.293. The van der Waals surface area contributed by atoms with Gasteiger partial charge in [0.1, 0.15) is 0 Å². The molecule has 0 aromatic rings. The molecule has 1 aliphatic rings. The second kappa shape index (κ2) is 6.44. The van der Waals surface area contributed by atoms with E-state index in [0.717, 1.165) is 18.9 Å². The summed E-state index contributed by atoms with van der Waals surface area (Å²) >= 11 is 5.10. The molecule has 0 amide bonds. The molecule has 0 spiro atoms. The predicted molar refractivity (Wildman–Crippen MR) is 70.1 cm³/mol. The molecule has 88 valence electrons. The Balaban J connectivity index is 2.38. The van der Waals surface area contributed by atoms with Crippen molar-refractivity contribution in [2.24, 2.45) is 11.7 Å². The average molecular weight is 228 g/mol. The molecule has 3 heteroatoms. The second-order valence-electron chi connectivity index (χ2n) is 4.77. The van der Waals surface area contributed by atoms with Gasteiger partial charge < -0.3 is 5.73 Å². The SMILES string of the molecule is CCC(C(N)=S)N(C)CC1CCCCC1. The minimum Gasteiger partial charge on any atom is -0.392 e. The van der Waals surface area contributed by atoms with Gasteiger partial charge >= 0.3 is 0 Å². The van der Waals surface area contributed by atoms with E-state index in [1.54, 1.807) is 0 Å². The van der Waals surface area contributed by atoms with Crippen molar-refractivity contribution in [1.29, 1.82) is 0 Å². The number of hydrogen-bond acceptors (Lipinski definition) is 2. The Kier molecular flexibility index (Phi) is 5.54. The van der Waals surface area contributed by atoms with Gasteiger partial charge in [-0.1, -0.05) is 38.4 Å². The maximum Gasteiger partial charge on any atom is 0.0901 e. The third-order valence-corrected chi connectivity index (χ3v) is 3.79. The van der Waals surface area contributed by atoms with Crippen LogP contribution in [0.1, 0.15) is 45.4 Å². The molecule has 15 heavy (non-hydrogen) atoms. The fraction of sp³-hybridized carbons (Fsp3) is 0.917. The van der Waals surface area contributed by atoms with Gasteiger partial charge in [-0.15, -0.1) is 0 Å². The number of thiocarbonyl (C=S) groups is 1. The van der Waals surface area contributed by atoms with Crippen molar-refractivity contribution in [2.45, 2.75) is 51.5 Å². The maximum atomic E-state index is 5.74. The monoisotopic (exact) mass is 228 g/mol. The van der Waals surface area contributed by atoms with Crippen LogP contribution in [0.3, 0.4) is 0 Å². The standard InChI is InChI=1S/C12H24N2S/c1-3-11(12(13)15)14(2)9-10-7-5-4-6-8-10/h10-11H,3-9H2,1-2H3,(H2,13,15). The molecule has 2 nitrogen and oxygen atoms in total. The Morgan fingerprint density at radius 1 is 1.40 bits per heavy atom. The van der Waals surface area contributed by atoms with E-state index < -0.39 is 0 Å². The molecule has 1 rings (SSSR count). The Morgan fingerprint density at radius 3 is 2.47 bits per heavy atom. The summed E-state index contributed by atoms with van der Waals surface area (Å²) in [5.41, 5.74) is 5.74. The van der Waals surface area contributed by atoms with Gasteiger partial charge in [-0.05, 0) is 32.2 Å². The van der Waals surface area contributed by atoms with E-state index in [-0.39, 0.29) is 0 Å². The number of rotatable bonds is 5. The lowest BCUT2D eigenvalue weighted by atomic mass is 9.88. The summed E-state index contributed by atoms with van der Waals surface area (Å²) in [5, 5.41) is 0. The lowest BCUT2D eigenvalue weighted by Crippen LogP contribution is -2.43. The summed E-state index contributed by atoms with van der Waals surface area (Å²) in [6.07, 6.45) is 8.03. The van der Waals surface area contributed by atoms with Gasteiger partial charge in [0.15, 0.2) is 0 Å². The van der Waals surface area contributed by atoms with Crippen molar-refractivity contribution in [1.82, 2.24) is 4.90 Å². The summed E-state index contributed by atoms with van der Waals surface area (Å²) in [6.45, 7) is 3.32. The summed E-state index contributed by atoms with van der Waals surface area (Å²) in [6, 6.07) is 0.293. The van der Waals surface area contributed by atoms with E-state index in [0.29, 0.717) is 11.0 Å². The van der Waals surface area contributed by atoms with Gasteiger partial charge in [0.2, 0.25) is 0 Å². The highest BCUT2D eigenvalue weighted by Crippen LogP contribution is 2.24. The molecule has 1 aliphatic carbocycles. The molecule has 1 unspecified atom stereocenters. The second-order valence-corrected chi connectivity index (χ2v) is 5.24. The van der Waals surface area contributed by atoms with E-state index >= 15 is 0 Å². The molecular formula is C12H24N2S. The fourth-order valence-electron chi connectivity index (χ4n) is 2.63. The van der Waals surface area contributed by atoms with Gasteiger partial charge in [0.25, 0.3) is 0 Å². The fourth-order valence-corrected chi connectivity index (χ4v) is 2.98. The van der Waals surface area contributed by atoms with Crippen LogP contribution in [0.15, 0.2) is 0 Å². The lowest BCUT2D eigenvalue weighted by molar-refractivity contribution is 0.211. The summed E-state index contributed by atoms with van der Waals surface area (Å²) in [4.78, 5) is 2.99. The van der Waals surface area contributed by atoms with E-state index in [2.05, 4.69) is 18.9 Å². The predicted octanol–water partition coefficient (Wildman–Crippen LogP) is 2.56. The van der Waals surface area contributed by atoms with E-state index in [4.69, 9.17) is 18.0 Å². The smallest absolute Gasteiger partial charge is 0.0901 e. The zero-order valence-corrected chi connectivity index (χ0v) is 10.9. The van der Waals surface area contributed by atoms with Crippen molar-refractivity contribution in [3.05, 3.63) is 0 Å². The molecule has 2 N–H and O–H groups in total. The van der Waals surface area contributed by atoms with Crippen molar-refractivity contribution in [3.63, 3.8) is 0 Å². The van der Waals surface area contributed by atoms with Crippen LogP contribution in [-0.4, -0.2) is 29.5 Å². The van der Waals surface area contributed by atoms with Crippen LogP contribution in [0.4, 0.5) is 0 Å². The Bertz CT molecular complexity index is 200. The van der Waals surface area contributed by atoms with E-state index in [1.807, 2.05) is 0 Å². The maximum absolute atomic E-state index is 5.74. The van der Waals surface area contributed by atoms with Crippen LogP contribution >= 0.6 is 12.2 Å². The Labute approximate surface area is 99.2 Å². The lowest BCUT2D eigenvalue weighted by Gasteiger charge is -2.31. The van der Waals surface area contributed by atoms with Crippen LogP contribution in [-0.2, 0) is 0 Å². The Morgan fingerprint density at radius 2 is 2.00 bits per heavy atom. The molecule has 1 saturated carbocycles. The highest BCUT2D eigenvalue weighted by molar-refractivity contribution is 7.80. The summed E-state index contributed by atoms with van der Waals surface area (Å²) in [7, 11) is 2.15. The molecule has 0 heterocycles. The highest BCUT2D eigenvalue weighted by Gasteiger charge is 2.20. The van der Waals surface area contributed by atoms with Crippen molar-refractivity contribution in [3.8, 4) is 0 Å². The Hall–Kier alpha value is -0.150. The first kappa shape index (κ1) is 12.9. The molecule has 0 radical (unpaired) electrons. The number of nitrogens with two attached hydrogens (primary N) is 1. The van der Waals surface area contributed by atoms with Gasteiger partial charge in [-0.3, -0.25) is 4.90 Å². The first-order valence-corrected chi connectivity index (χ1v) is 6.55. The zero-order valence-electron chi connectivity index (χ0n) is 10.0. The molecule has 0 aliphatic heterocycles. The van der Waals surface area contributed by atoms with E-state index in [1.165, 1.54) is 32.1 Å². The summed E-state index contributed by atoms with van der Waals surface area (Å²) < 4.78 is 0. The van der Waals surface area contributed by atoms with Crippen molar-refractivity contribution >= 4 is 17.2 Å². The number of likely N-dealkylation sites (N-methyl/N-ethyl adjacent to an activating group) is 1. The molecule has 0 aromatic heterocycles. The normalized spacial score (nSPS) is 20.5. The molecular weight excluding hydrogens is 204 g/mol. The van der Waals surface area contributed by atoms with Crippen molar-refractivity contribution < 1.29 is 0 Å². The average Bonchev–Trinajstić information content (AvgIpc) is 2.19. The van der Waals surface area contributed by atoms with Crippen LogP contribution in [0.25, 0.3) is 0 Å². The molecule has 0 saturated heterocycles. The van der Waals surface area contributed by atoms with Gasteiger partial charge in [-0.25, -0.2) is 0 Å². The summed E-state index contributed by atoms with van der Waals surface area (Å²) in [5.74, 6) is 0.868. The van der Waals surface area contributed by atoms with E-state index in [9.17, 15) is 0 Å². The first-order chi connectivity index (χ1) is 7.15. The molecule has 1 fully saturated rings. The quantitative estimate of drug-likeness (QED) is 0.733. The highest BCUT2D eigenvalue weighted by atomic mass is 32.1. The van der Waals surface area contributed by atoms with Crippen LogP contribution < -0.4 is 5.73 Å². The van der Waals surface area contributed by atoms with Crippen molar-refractivity contribution in [2.75, 3.05) is 13.6 Å². The largest absolute Gasteiger partial charge is 0.392 e. The van der Waals surface area contributed by atoms with Crippen LogP contribution in [0.5, 0.6) is 0 Å². The van der Waals surface area contributed by atoms with Gasteiger partial charge in [-0.2, -0.15) is 0 Å². The first-order valence-electron chi connectivity index (χ1n) is 6.14. The number of nitrogens with zero attached hydrogens (tertiary/aromatic N) is 1. The van der Waals surface area contributed by atoms with Crippen LogP contribution in [0, 0.1) is 5.92 Å². The molecule has 0 bridgehead atoms. The minimum absolute atomic E-state index is 0.293.